The van der Waals surface area contributed by atoms with E-state index in [2.05, 4.69) is 15.6 Å². The monoisotopic (exact) mass is 485 g/mol. The number of anilines is 2. The van der Waals surface area contributed by atoms with Crippen molar-refractivity contribution in [3.05, 3.63) is 99.9 Å². The third-order valence-corrected chi connectivity index (χ3v) is 6.43. The highest BCUT2D eigenvalue weighted by molar-refractivity contribution is 7.16. The fraction of sp³-hybridized carbons (Fsp3) is 0.200. The van der Waals surface area contributed by atoms with Crippen molar-refractivity contribution in [2.24, 2.45) is 0 Å². The molecule has 0 aliphatic rings. The van der Waals surface area contributed by atoms with Gasteiger partial charge >= 0.3 is 6.18 Å². The zero-order valence-electron chi connectivity index (χ0n) is 18.4. The Morgan fingerprint density at radius 1 is 1.15 bits per heavy atom. The molecule has 34 heavy (non-hydrogen) atoms. The van der Waals surface area contributed by atoms with Crippen molar-refractivity contribution in [2.75, 3.05) is 10.6 Å². The Balaban J connectivity index is 1.76. The van der Waals surface area contributed by atoms with E-state index in [9.17, 15) is 18.0 Å². The minimum absolute atomic E-state index is 0.164. The number of halogens is 3. The maximum atomic E-state index is 13.1. The number of benzene rings is 1. The van der Waals surface area contributed by atoms with E-state index in [-0.39, 0.29) is 5.76 Å². The van der Waals surface area contributed by atoms with E-state index in [1.807, 2.05) is 32.0 Å². The summed E-state index contributed by atoms with van der Waals surface area (Å²) in [6.45, 7) is 3.92. The summed E-state index contributed by atoms with van der Waals surface area (Å²) < 4.78 is 44.6. The summed E-state index contributed by atoms with van der Waals surface area (Å²) in [6, 6.07) is 13.3. The van der Waals surface area contributed by atoms with Crippen LogP contribution in [0.5, 0.6) is 0 Å². The first-order valence-electron chi connectivity index (χ1n) is 10.6. The highest BCUT2D eigenvalue weighted by Gasteiger charge is 2.31. The molecule has 4 aromatic rings. The van der Waals surface area contributed by atoms with E-state index in [1.54, 1.807) is 18.3 Å². The standard InChI is InChI=1S/C25H22F3N3O2S/c1-3-18-14-19(24(34-18)31-23(32)20-5-4-12-33-20)22(30-21-13-15(2)10-11-29-21)16-6-8-17(9-7-16)25(26,27)28/h4-14,22H,3H2,1-2H3,(H,29,30)(H,31,32). The van der Waals surface area contributed by atoms with Crippen LogP contribution in [0.1, 0.15) is 50.7 Å². The molecule has 9 heteroatoms. The number of hydrogen-bond donors (Lipinski definition) is 2. The van der Waals surface area contributed by atoms with Crippen molar-refractivity contribution >= 4 is 28.1 Å². The van der Waals surface area contributed by atoms with Gasteiger partial charge in [0.05, 0.1) is 17.9 Å². The molecule has 0 saturated carbocycles. The van der Waals surface area contributed by atoms with Crippen LogP contribution in [-0.4, -0.2) is 10.9 Å². The fourth-order valence-corrected chi connectivity index (χ4v) is 4.52. The largest absolute Gasteiger partial charge is 0.459 e. The third-order valence-electron chi connectivity index (χ3n) is 5.22. The molecule has 3 heterocycles. The average Bonchev–Trinajstić information content (AvgIpc) is 3.47. The van der Waals surface area contributed by atoms with Crippen LogP contribution < -0.4 is 10.6 Å². The van der Waals surface area contributed by atoms with E-state index >= 15 is 0 Å². The van der Waals surface area contributed by atoms with Crippen LogP contribution in [0.2, 0.25) is 0 Å². The minimum Gasteiger partial charge on any atom is -0.459 e. The zero-order chi connectivity index (χ0) is 24.3. The lowest BCUT2D eigenvalue weighted by molar-refractivity contribution is -0.137. The molecule has 0 aliphatic carbocycles. The molecule has 0 bridgehead atoms. The lowest BCUT2D eigenvalue weighted by atomic mass is 9.98. The number of carbonyl (C=O) groups excluding carboxylic acids is 1. The van der Waals surface area contributed by atoms with Gasteiger partial charge < -0.3 is 15.1 Å². The normalized spacial score (nSPS) is 12.4. The molecule has 0 spiro atoms. The lowest BCUT2D eigenvalue weighted by Gasteiger charge is -2.22. The Labute approximate surface area is 198 Å². The number of nitrogens with one attached hydrogen (secondary N) is 2. The van der Waals surface area contributed by atoms with Gasteiger partial charge in [0, 0.05) is 16.6 Å². The first-order chi connectivity index (χ1) is 16.2. The Morgan fingerprint density at radius 2 is 1.91 bits per heavy atom. The van der Waals surface area contributed by atoms with Gasteiger partial charge in [-0.05, 0) is 66.9 Å². The molecule has 0 saturated heterocycles. The number of pyridine rings is 1. The van der Waals surface area contributed by atoms with Gasteiger partial charge in [-0.1, -0.05) is 19.1 Å². The average molecular weight is 486 g/mol. The lowest BCUT2D eigenvalue weighted by Crippen LogP contribution is -2.17. The Kier molecular flexibility index (Phi) is 6.74. The van der Waals surface area contributed by atoms with Gasteiger partial charge in [0.1, 0.15) is 10.8 Å². The summed E-state index contributed by atoms with van der Waals surface area (Å²) in [5.74, 6) is 0.324. The van der Waals surface area contributed by atoms with Crippen LogP contribution in [0.4, 0.5) is 24.0 Å². The van der Waals surface area contributed by atoms with Crippen molar-refractivity contribution in [2.45, 2.75) is 32.5 Å². The van der Waals surface area contributed by atoms with Gasteiger partial charge in [-0.3, -0.25) is 4.79 Å². The predicted molar refractivity (Wildman–Crippen MR) is 126 cm³/mol. The maximum Gasteiger partial charge on any atom is 0.416 e. The second-order valence-electron chi connectivity index (χ2n) is 7.70. The van der Waals surface area contributed by atoms with E-state index in [0.29, 0.717) is 16.4 Å². The molecular weight excluding hydrogens is 463 g/mol. The number of aryl methyl sites for hydroxylation is 2. The molecule has 1 amide bonds. The summed E-state index contributed by atoms with van der Waals surface area (Å²) in [5.41, 5.74) is 1.58. The molecule has 0 radical (unpaired) electrons. The number of thiophene rings is 1. The molecule has 0 fully saturated rings. The van der Waals surface area contributed by atoms with Crippen molar-refractivity contribution in [3.63, 3.8) is 0 Å². The second-order valence-corrected chi connectivity index (χ2v) is 8.83. The van der Waals surface area contributed by atoms with Gasteiger partial charge in [-0.15, -0.1) is 11.3 Å². The molecule has 4 rings (SSSR count). The van der Waals surface area contributed by atoms with Crippen LogP contribution in [0.25, 0.3) is 0 Å². The highest BCUT2D eigenvalue weighted by Crippen LogP contribution is 2.39. The first kappa shape index (κ1) is 23.6. The molecule has 1 atom stereocenters. The number of furan rings is 1. The number of nitrogens with zero attached hydrogens (tertiary/aromatic N) is 1. The number of alkyl halides is 3. The summed E-state index contributed by atoms with van der Waals surface area (Å²) in [5, 5.41) is 6.82. The van der Waals surface area contributed by atoms with Crippen LogP contribution in [0.15, 0.2) is 71.5 Å². The van der Waals surface area contributed by atoms with Crippen LogP contribution >= 0.6 is 11.3 Å². The molecule has 3 aromatic heterocycles. The quantitative estimate of drug-likeness (QED) is 0.294. The Morgan fingerprint density at radius 3 is 2.53 bits per heavy atom. The van der Waals surface area contributed by atoms with E-state index in [1.165, 1.54) is 29.7 Å². The predicted octanol–water partition coefficient (Wildman–Crippen LogP) is 7.08. The molecule has 1 aromatic carbocycles. The van der Waals surface area contributed by atoms with Gasteiger partial charge in [0.15, 0.2) is 5.76 Å². The zero-order valence-corrected chi connectivity index (χ0v) is 19.3. The van der Waals surface area contributed by atoms with E-state index in [0.717, 1.165) is 34.6 Å². The Hall–Kier alpha value is -3.59. The summed E-state index contributed by atoms with van der Waals surface area (Å²) >= 11 is 1.42. The second kappa shape index (κ2) is 9.72. The fourth-order valence-electron chi connectivity index (χ4n) is 3.49. The highest BCUT2D eigenvalue weighted by atomic mass is 32.1. The molecular formula is C25H22F3N3O2S. The Bertz CT molecular complexity index is 1270. The first-order valence-corrected chi connectivity index (χ1v) is 11.4. The molecule has 2 N–H and O–H groups in total. The number of rotatable bonds is 7. The topological polar surface area (TPSA) is 67.2 Å². The van der Waals surface area contributed by atoms with Crippen LogP contribution in [0, 0.1) is 6.92 Å². The van der Waals surface area contributed by atoms with Crippen molar-refractivity contribution in [1.82, 2.24) is 4.98 Å². The SMILES string of the molecule is CCc1cc(C(Nc2cc(C)ccn2)c2ccc(C(F)(F)F)cc2)c(NC(=O)c2ccco2)s1. The number of aromatic nitrogens is 1. The molecule has 1 unspecified atom stereocenters. The third kappa shape index (κ3) is 5.31. The number of carbonyl (C=O) groups is 1. The number of hydrogen-bond acceptors (Lipinski definition) is 5. The van der Waals surface area contributed by atoms with Gasteiger partial charge in [-0.2, -0.15) is 13.2 Å². The molecule has 176 valence electrons. The maximum absolute atomic E-state index is 13.1. The minimum atomic E-state index is -4.43. The van der Waals surface area contributed by atoms with Crippen molar-refractivity contribution in [1.29, 1.82) is 0 Å². The van der Waals surface area contributed by atoms with Crippen LogP contribution in [0.3, 0.4) is 0 Å². The van der Waals surface area contributed by atoms with E-state index in [4.69, 9.17) is 4.42 Å². The molecule has 5 nitrogen and oxygen atoms in total. The summed E-state index contributed by atoms with van der Waals surface area (Å²) in [7, 11) is 0. The van der Waals surface area contributed by atoms with Gasteiger partial charge in [-0.25, -0.2) is 4.98 Å². The summed E-state index contributed by atoms with van der Waals surface area (Å²) in [4.78, 5) is 18.1. The summed E-state index contributed by atoms with van der Waals surface area (Å²) in [6.07, 6.45) is -0.625. The van der Waals surface area contributed by atoms with Gasteiger partial charge in [0.2, 0.25) is 0 Å². The number of amides is 1. The van der Waals surface area contributed by atoms with Gasteiger partial charge in [0.25, 0.3) is 5.91 Å². The van der Waals surface area contributed by atoms with Crippen molar-refractivity contribution < 1.29 is 22.4 Å². The molecule has 0 aliphatic heterocycles. The van der Waals surface area contributed by atoms with Crippen molar-refractivity contribution in [3.8, 4) is 0 Å². The smallest absolute Gasteiger partial charge is 0.416 e. The van der Waals surface area contributed by atoms with E-state index < -0.39 is 23.7 Å². The van der Waals surface area contributed by atoms with Crippen LogP contribution in [-0.2, 0) is 12.6 Å².